The summed E-state index contributed by atoms with van der Waals surface area (Å²) in [6.45, 7) is 1.64. The number of hydrogen-bond donors (Lipinski definition) is 1. The molecule has 1 heterocycles. The lowest BCUT2D eigenvalue weighted by Gasteiger charge is -2.19. The fourth-order valence-electron chi connectivity index (χ4n) is 2.52. The van der Waals surface area contributed by atoms with E-state index in [0.29, 0.717) is 36.3 Å². The number of fused-ring (bicyclic) bond motifs is 1. The largest absolute Gasteiger partial charge is 0.486 e. The van der Waals surface area contributed by atoms with E-state index in [0.717, 1.165) is 22.0 Å². The van der Waals surface area contributed by atoms with Gasteiger partial charge in [-0.25, -0.2) is 0 Å². The van der Waals surface area contributed by atoms with Gasteiger partial charge in [-0.2, -0.15) is 0 Å². The lowest BCUT2D eigenvalue weighted by molar-refractivity contribution is -0.120. The van der Waals surface area contributed by atoms with Crippen molar-refractivity contribution in [2.75, 3.05) is 19.8 Å². The average Bonchev–Trinajstić information content (AvgIpc) is 2.55. The summed E-state index contributed by atoms with van der Waals surface area (Å²) in [6, 6.07) is 11.4. The van der Waals surface area contributed by atoms with Crippen LogP contribution in [0, 0.1) is 0 Å². The summed E-state index contributed by atoms with van der Waals surface area (Å²) in [6.07, 6.45) is 1.03. The van der Waals surface area contributed by atoms with Gasteiger partial charge in [0.15, 0.2) is 11.5 Å². The van der Waals surface area contributed by atoms with Gasteiger partial charge < -0.3 is 14.8 Å². The van der Waals surface area contributed by atoms with Gasteiger partial charge in [0.05, 0.1) is 6.42 Å². The molecule has 1 aliphatic heterocycles. The highest BCUT2D eigenvalue weighted by molar-refractivity contribution is 9.10. The van der Waals surface area contributed by atoms with Gasteiger partial charge in [-0.1, -0.05) is 39.7 Å². The first-order chi connectivity index (χ1) is 11.6. The second kappa shape index (κ2) is 7.90. The first-order valence-electron chi connectivity index (χ1n) is 7.71. The summed E-state index contributed by atoms with van der Waals surface area (Å²) >= 11 is 9.44. The Hall–Kier alpha value is -1.72. The van der Waals surface area contributed by atoms with Crippen LogP contribution in [-0.4, -0.2) is 25.7 Å². The fourth-order valence-corrected chi connectivity index (χ4v) is 3.19. The Balaban J connectivity index is 1.55. The molecule has 0 aliphatic carbocycles. The van der Waals surface area contributed by atoms with E-state index < -0.39 is 0 Å². The van der Waals surface area contributed by atoms with Crippen LogP contribution in [0.2, 0.25) is 5.02 Å². The van der Waals surface area contributed by atoms with E-state index in [2.05, 4.69) is 21.2 Å². The van der Waals surface area contributed by atoms with Crippen LogP contribution in [0.4, 0.5) is 0 Å². The van der Waals surface area contributed by atoms with Crippen LogP contribution in [-0.2, 0) is 17.6 Å². The average molecular weight is 411 g/mol. The lowest BCUT2D eigenvalue weighted by atomic mass is 10.1. The van der Waals surface area contributed by atoms with Crippen molar-refractivity contribution in [3.05, 3.63) is 57.0 Å². The minimum Gasteiger partial charge on any atom is -0.486 e. The molecule has 0 atom stereocenters. The van der Waals surface area contributed by atoms with Crippen molar-refractivity contribution in [1.82, 2.24) is 5.32 Å². The molecule has 6 heteroatoms. The van der Waals surface area contributed by atoms with Gasteiger partial charge >= 0.3 is 0 Å². The Morgan fingerprint density at radius 1 is 1.17 bits per heavy atom. The molecule has 0 bridgehead atoms. The molecular weight excluding hydrogens is 394 g/mol. The van der Waals surface area contributed by atoms with Crippen molar-refractivity contribution in [2.45, 2.75) is 12.8 Å². The van der Waals surface area contributed by atoms with Crippen LogP contribution < -0.4 is 14.8 Å². The van der Waals surface area contributed by atoms with E-state index in [1.807, 2.05) is 36.4 Å². The van der Waals surface area contributed by atoms with Gasteiger partial charge in [0.25, 0.3) is 0 Å². The summed E-state index contributed by atoms with van der Waals surface area (Å²) in [4.78, 5) is 12.2. The Morgan fingerprint density at radius 2 is 1.92 bits per heavy atom. The molecule has 24 heavy (non-hydrogen) atoms. The number of benzene rings is 2. The van der Waals surface area contributed by atoms with Crippen LogP contribution in [0.3, 0.4) is 0 Å². The predicted molar refractivity (Wildman–Crippen MR) is 97.0 cm³/mol. The predicted octanol–water partition coefficient (Wildman–Crippen LogP) is 3.78. The first-order valence-corrected chi connectivity index (χ1v) is 8.88. The number of halogens is 2. The summed E-state index contributed by atoms with van der Waals surface area (Å²) in [5.41, 5.74) is 1.97. The molecular formula is C18H17BrClNO3. The summed E-state index contributed by atoms with van der Waals surface area (Å²) < 4.78 is 11.9. The summed E-state index contributed by atoms with van der Waals surface area (Å²) in [5, 5.41) is 3.64. The molecule has 1 amide bonds. The molecule has 1 aliphatic rings. The molecule has 2 aromatic carbocycles. The van der Waals surface area contributed by atoms with Crippen LogP contribution in [0.5, 0.6) is 11.5 Å². The van der Waals surface area contributed by atoms with Gasteiger partial charge in [0.1, 0.15) is 13.2 Å². The SMILES string of the molecule is O=C(Cc1cc2c(cc1Br)OCCO2)NCCc1cccc(Cl)c1. The number of ether oxygens (including phenoxy) is 2. The Bertz CT molecular complexity index is 751. The number of carbonyl (C=O) groups is 1. The zero-order valence-electron chi connectivity index (χ0n) is 13.0. The molecule has 0 unspecified atom stereocenters. The molecule has 0 saturated carbocycles. The maximum atomic E-state index is 12.2. The third-order valence-corrected chi connectivity index (χ3v) is 4.66. The number of rotatable bonds is 5. The second-order valence-corrected chi connectivity index (χ2v) is 6.78. The van der Waals surface area contributed by atoms with Gasteiger partial charge in [0.2, 0.25) is 5.91 Å². The first kappa shape index (κ1) is 17.1. The normalized spacial score (nSPS) is 12.8. The van der Waals surface area contributed by atoms with Crippen molar-refractivity contribution >= 4 is 33.4 Å². The summed E-state index contributed by atoms with van der Waals surface area (Å²) in [5.74, 6) is 1.36. The molecule has 2 aromatic rings. The smallest absolute Gasteiger partial charge is 0.224 e. The molecule has 0 fully saturated rings. The highest BCUT2D eigenvalue weighted by Crippen LogP contribution is 2.35. The number of carbonyl (C=O) groups excluding carboxylic acids is 1. The minimum atomic E-state index is -0.0330. The van der Waals surface area contributed by atoms with E-state index in [1.165, 1.54) is 0 Å². The number of nitrogens with one attached hydrogen (secondary N) is 1. The van der Waals surface area contributed by atoms with Crippen molar-refractivity contribution in [1.29, 1.82) is 0 Å². The van der Waals surface area contributed by atoms with Crippen molar-refractivity contribution in [3.8, 4) is 11.5 Å². The van der Waals surface area contributed by atoms with E-state index in [-0.39, 0.29) is 12.3 Å². The van der Waals surface area contributed by atoms with Crippen LogP contribution in [0.15, 0.2) is 40.9 Å². The Kier molecular flexibility index (Phi) is 5.63. The van der Waals surface area contributed by atoms with Gasteiger partial charge in [-0.3, -0.25) is 4.79 Å². The Labute approximate surface area is 154 Å². The van der Waals surface area contributed by atoms with E-state index in [4.69, 9.17) is 21.1 Å². The standard InChI is InChI=1S/C18H17BrClNO3/c19-15-11-17-16(23-6-7-24-17)9-13(15)10-18(22)21-5-4-12-2-1-3-14(20)8-12/h1-3,8-9,11H,4-7,10H2,(H,21,22). The third-order valence-electron chi connectivity index (χ3n) is 3.69. The van der Waals surface area contributed by atoms with Crippen molar-refractivity contribution < 1.29 is 14.3 Å². The zero-order valence-corrected chi connectivity index (χ0v) is 15.3. The topological polar surface area (TPSA) is 47.6 Å². The van der Waals surface area contributed by atoms with Crippen LogP contribution in [0.1, 0.15) is 11.1 Å². The van der Waals surface area contributed by atoms with Crippen molar-refractivity contribution in [3.63, 3.8) is 0 Å². The number of amides is 1. The van der Waals surface area contributed by atoms with Gasteiger partial charge in [-0.05, 0) is 41.8 Å². The highest BCUT2D eigenvalue weighted by atomic mass is 79.9. The molecule has 3 rings (SSSR count). The minimum absolute atomic E-state index is 0.0330. The highest BCUT2D eigenvalue weighted by Gasteiger charge is 2.16. The van der Waals surface area contributed by atoms with Crippen LogP contribution in [0.25, 0.3) is 0 Å². The third kappa shape index (κ3) is 4.42. The molecule has 126 valence electrons. The van der Waals surface area contributed by atoms with Gasteiger partial charge in [-0.15, -0.1) is 0 Å². The second-order valence-electron chi connectivity index (χ2n) is 5.49. The lowest BCUT2D eigenvalue weighted by Crippen LogP contribution is -2.27. The molecule has 4 nitrogen and oxygen atoms in total. The Morgan fingerprint density at radius 3 is 2.67 bits per heavy atom. The molecule has 0 spiro atoms. The molecule has 1 N–H and O–H groups in total. The monoisotopic (exact) mass is 409 g/mol. The maximum absolute atomic E-state index is 12.2. The van der Waals surface area contributed by atoms with E-state index in [1.54, 1.807) is 0 Å². The van der Waals surface area contributed by atoms with E-state index in [9.17, 15) is 4.79 Å². The van der Waals surface area contributed by atoms with Gasteiger partial charge in [0, 0.05) is 16.0 Å². The zero-order chi connectivity index (χ0) is 16.9. The molecule has 0 aromatic heterocycles. The maximum Gasteiger partial charge on any atom is 0.224 e. The van der Waals surface area contributed by atoms with Crippen LogP contribution >= 0.6 is 27.5 Å². The van der Waals surface area contributed by atoms with Crippen molar-refractivity contribution in [2.24, 2.45) is 0 Å². The molecule has 0 radical (unpaired) electrons. The summed E-state index contributed by atoms with van der Waals surface area (Å²) in [7, 11) is 0. The fraction of sp³-hybridized carbons (Fsp3) is 0.278. The number of hydrogen-bond acceptors (Lipinski definition) is 3. The molecule has 0 saturated heterocycles. The van der Waals surface area contributed by atoms with E-state index >= 15 is 0 Å². The quantitative estimate of drug-likeness (QED) is 0.816.